The molecular formula is C22H24N2O2. The average Bonchev–Trinajstić information content (AvgIpc) is 3.14. The van der Waals surface area contributed by atoms with Crippen LogP contribution >= 0.6 is 0 Å². The molecule has 0 aliphatic carbocycles. The van der Waals surface area contributed by atoms with Gasteiger partial charge in [0.15, 0.2) is 0 Å². The van der Waals surface area contributed by atoms with Crippen molar-refractivity contribution in [1.29, 1.82) is 0 Å². The quantitative estimate of drug-likeness (QED) is 0.831. The van der Waals surface area contributed by atoms with E-state index in [1.54, 1.807) is 4.90 Å². The van der Waals surface area contributed by atoms with Gasteiger partial charge in [0.25, 0.3) is 0 Å². The molecule has 2 aromatic carbocycles. The molecule has 0 radical (unpaired) electrons. The maximum atomic E-state index is 13.3. The molecule has 4 rings (SSSR count). The standard InChI is InChI=1S/C22H24N2O2/c1-14-7-6-8-15(2)21(14)23-13-18(12-20(23)25)22(26)24-16(3)11-17-9-4-5-10-19(17)24/h4-10,16,18H,11-13H2,1-3H3. The topological polar surface area (TPSA) is 40.6 Å². The normalized spacial score (nSPS) is 22.0. The van der Waals surface area contributed by atoms with Crippen LogP contribution in [0.4, 0.5) is 11.4 Å². The van der Waals surface area contributed by atoms with E-state index < -0.39 is 0 Å². The number of para-hydroxylation sites is 2. The molecule has 2 heterocycles. The minimum Gasteiger partial charge on any atom is -0.311 e. The third-order valence-corrected chi connectivity index (χ3v) is 5.63. The number of rotatable bonds is 2. The Kier molecular flexibility index (Phi) is 4.06. The lowest BCUT2D eigenvalue weighted by molar-refractivity contribution is -0.124. The van der Waals surface area contributed by atoms with Crippen molar-refractivity contribution >= 4 is 23.2 Å². The molecule has 134 valence electrons. The second-order valence-electron chi connectivity index (χ2n) is 7.54. The average molecular weight is 348 g/mol. The summed E-state index contributed by atoms with van der Waals surface area (Å²) in [6.07, 6.45) is 1.17. The molecule has 2 unspecified atom stereocenters. The van der Waals surface area contributed by atoms with E-state index in [2.05, 4.69) is 13.0 Å². The lowest BCUT2D eigenvalue weighted by Crippen LogP contribution is -2.41. The molecule has 2 aliphatic heterocycles. The van der Waals surface area contributed by atoms with Gasteiger partial charge in [0.05, 0.1) is 5.92 Å². The molecule has 1 fully saturated rings. The Hall–Kier alpha value is -2.62. The smallest absolute Gasteiger partial charge is 0.232 e. The fourth-order valence-electron chi connectivity index (χ4n) is 4.42. The van der Waals surface area contributed by atoms with Gasteiger partial charge in [-0.15, -0.1) is 0 Å². The number of aryl methyl sites for hydroxylation is 2. The molecule has 1 saturated heterocycles. The maximum absolute atomic E-state index is 13.3. The van der Waals surface area contributed by atoms with Crippen LogP contribution in [0.25, 0.3) is 0 Å². The second kappa shape index (κ2) is 6.27. The van der Waals surface area contributed by atoms with E-state index in [4.69, 9.17) is 0 Å². The van der Waals surface area contributed by atoms with E-state index in [9.17, 15) is 9.59 Å². The Labute approximate surface area is 154 Å². The maximum Gasteiger partial charge on any atom is 0.232 e. The summed E-state index contributed by atoms with van der Waals surface area (Å²) >= 11 is 0. The fraction of sp³-hybridized carbons (Fsp3) is 0.364. The molecule has 0 spiro atoms. The van der Waals surface area contributed by atoms with Gasteiger partial charge in [0.2, 0.25) is 11.8 Å². The minimum atomic E-state index is -0.282. The highest BCUT2D eigenvalue weighted by Crippen LogP contribution is 2.36. The van der Waals surface area contributed by atoms with E-state index in [0.717, 1.165) is 28.9 Å². The first-order chi connectivity index (χ1) is 12.5. The van der Waals surface area contributed by atoms with Crippen LogP contribution in [-0.2, 0) is 16.0 Å². The minimum absolute atomic E-state index is 0.0425. The van der Waals surface area contributed by atoms with Gasteiger partial charge in [-0.25, -0.2) is 0 Å². The van der Waals surface area contributed by atoms with Crippen LogP contribution in [0.1, 0.15) is 30.0 Å². The number of anilines is 2. The Morgan fingerprint density at radius 1 is 1.00 bits per heavy atom. The monoisotopic (exact) mass is 348 g/mol. The Morgan fingerprint density at radius 3 is 2.42 bits per heavy atom. The predicted octanol–water partition coefficient (Wildman–Crippen LogP) is 3.63. The van der Waals surface area contributed by atoms with Gasteiger partial charge in [0.1, 0.15) is 0 Å². The Bertz CT molecular complexity index is 869. The summed E-state index contributed by atoms with van der Waals surface area (Å²) in [5.41, 5.74) is 5.33. The molecule has 0 bridgehead atoms. The molecular weight excluding hydrogens is 324 g/mol. The van der Waals surface area contributed by atoms with Crippen LogP contribution in [-0.4, -0.2) is 24.4 Å². The Balaban J connectivity index is 1.61. The summed E-state index contributed by atoms with van der Waals surface area (Å²) in [6.45, 7) is 6.58. The molecule has 0 saturated carbocycles. The molecule has 2 aliphatic rings. The summed E-state index contributed by atoms with van der Waals surface area (Å²) < 4.78 is 0. The molecule has 0 N–H and O–H groups in total. The summed E-state index contributed by atoms with van der Waals surface area (Å²) in [7, 11) is 0. The molecule has 2 amide bonds. The van der Waals surface area contributed by atoms with Gasteiger partial charge in [-0.1, -0.05) is 36.4 Å². The zero-order valence-electron chi connectivity index (χ0n) is 15.5. The number of carbonyl (C=O) groups is 2. The molecule has 4 nitrogen and oxygen atoms in total. The summed E-state index contributed by atoms with van der Waals surface area (Å²) in [5.74, 6) is -0.166. The first-order valence-electron chi connectivity index (χ1n) is 9.25. The van der Waals surface area contributed by atoms with Crippen molar-refractivity contribution in [3.8, 4) is 0 Å². The summed E-state index contributed by atoms with van der Waals surface area (Å²) in [5, 5.41) is 0. The van der Waals surface area contributed by atoms with Crippen LogP contribution in [0, 0.1) is 19.8 Å². The van der Waals surface area contributed by atoms with E-state index in [-0.39, 0.29) is 30.2 Å². The SMILES string of the molecule is Cc1cccc(C)c1N1CC(C(=O)N2c3ccccc3CC2C)CC1=O. The van der Waals surface area contributed by atoms with E-state index in [1.807, 2.05) is 55.1 Å². The number of amides is 2. The number of hydrogen-bond acceptors (Lipinski definition) is 2. The van der Waals surface area contributed by atoms with Crippen molar-refractivity contribution in [2.45, 2.75) is 39.7 Å². The van der Waals surface area contributed by atoms with Gasteiger partial charge in [0, 0.05) is 30.4 Å². The van der Waals surface area contributed by atoms with Crippen molar-refractivity contribution < 1.29 is 9.59 Å². The molecule has 2 aromatic rings. The first kappa shape index (κ1) is 16.8. The van der Waals surface area contributed by atoms with Crippen molar-refractivity contribution in [3.05, 3.63) is 59.2 Å². The highest BCUT2D eigenvalue weighted by Gasteiger charge is 2.41. The van der Waals surface area contributed by atoms with Crippen molar-refractivity contribution in [3.63, 3.8) is 0 Å². The fourth-order valence-corrected chi connectivity index (χ4v) is 4.42. The summed E-state index contributed by atoms with van der Waals surface area (Å²) in [6, 6.07) is 14.3. The van der Waals surface area contributed by atoms with Gasteiger partial charge in [-0.05, 0) is 49.9 Å². The number of benzene rings is 2. The highest BCUT2D eigenvalue weighted by atomic mass is 16.2. The van der Waals surface area contributed by atoms with Crippen molar-refractivity contribution in [1.82, 2.24) is 0 Å². The first-order valence-corrected chi connectivity index (χ1v) is 9.25. The third kappa shape index (κ3) is 2.61. The molecule has 0 aromatic heterocycles. The highest BCUT2D eigenvalue weighted by molar-refractivity contribution is 6.06. The van der Waals surface area contributed by atoms with Gasteiger partial charge >= 0.3 is 0 Å². The zero-order chi connectivity index (χ0) is 18.4. The molecule has 2 atom stereocenters. The third-order valence-electron chi connectivity index (χ3n) is 5.63. The van der Waals surface area contributed by atoms with E-state index in [1.165, 1.54) is 5.56 Å². The van der Waals surface area contributed by atoms with Gasteiger partial charge < -0.3 is 9.80 Å². The number of fused-ring (bicyclic) bond motifs is 1. The number of hydrogen-bond donors (Lipinski definition) is 0. The van der Waals surface area contributed by atoms with Crippen LogP contribution in [0.2, 0.25) is 0 Å². The van der Waals surface area contributed by atoms with Crippen LogP contribution in [0.5, 0.6) is 0 Å². The van der Waals surface area contributed by atoms with E-state index >= 15 is 0 Å². The number of carbonyl (C=O) groups excluding carboxylic acids is 2. The van der Waals surface area contributed by atoms with Crippen molar-refractivity contribution in [2.75, 3.05) is 16.3 Å². The lowest BCUT2D eigenvalue weighted by Gasteiger charge is -2.26. The van der Waals surface area contributed by atoms with Crippen LogP contribution < -0.4 is 9.80 Å². The largest absolute Gasteiger partial charge is 0.311 e. The Morgan fingerprint density at radius 2 is 1.69 bits per heavy atom. The van der Waals surface area contributed by atoms with Crippen molar-refractivity contribution in [2.24, 2.45) is 5.92 Å². The van der Waals surface area contributed by atoms with E-state index in [0.29, 0.717) is 6.54 Å². The van der Waals surface area contributed by atoms with Gasteiger partial charge in [-0.3, -0.25) is 9.59 Å². The van der Waals surface area contributed by atoms with Crippen LogP contribution in [0.15, 0.2) is 42.5 Å². The van der Waals surface area contributed by atoms with Gasteiger partial charge in [-0.2, -0.15) is 0 Å². The second-order valence-corrected chi connectivity index (χ2v) is 7.54. The predicted molar refractivity (Wildman–Crippen MR) is 103 cm³/mol. The molecule has 4 heteroatoms. The molecule has 26 heavy (non-hydrogen) atoms. The summed E-state index contributed by atoms with van der Waals surface area (Å²) in [4.78, 5) is 29.7. The van der Waals surface area contributed by atoms with Crippen LogP contribution in [0.3, 0.4) is 0 Å². The number of nitrogens with zero attached hydrogens (tertiary/aromatic N) is 2. The lowest BCUT2D eigenvalue weighted by atomic mass is 10.1. The zero-order valence-corrected chi connectivity index (χ0v) is 15.5.